The second-order valence-corrected chi connectivity index (χ2v) is 8.28. The topological polar surface area (TPSA) is 114 Å². The molecule has 0 radical (unpaired) electrons. The normalized spacial score (nSPS) is 12.2. The molecule has 1 aromatic carbocycles. The molecule has 1 aromatic rings. The van der Waals surface area contributed by atoms with Crippen molar-refractivity contribution in [1.29, 1.82) is 0 Å². The summed E-state index contributed by atoms with van der Waals surface area (Å²) in [4.78, 5) is 35.1. The molecule has 0 aliphatic heterocycles. The van der Waals surface area contributed by atoms with E-state index in [9.17, 15) is 14.4 Å². The highest BCUT2D eigenvalue weighted by Gasteiger charge is 2.24. The first-order valence-electron chi connectivity index (χ1n) is 8.87. The Kier molecular flexibility index (Phi) is 10.1. The van der Waals surface area contributed by atoms with Gasteiger partial charge in [-0.25, -0.2) is 4.79 Å². The van der Waals surface area contributed by atoms with Crippen LogP contribution in [0.2, 0.25) is 0 Å². The standard InChI is InChI=1S/C20H29NO7.ClH/c1-19(2,3)17(23)26-12-25-16(22)15(21)11-13-7-9-14(10-8-13)27-18(24)28-20(4,5)6;/h7-10,15H,11-12,21H2,1-6H3;1H. The molecular formula is C20H30ClNO7. The van der Waals surface area contributed by atoms with Crippen LogP contribution in [-0.2, 0) is 30.2 Å². The molecule has 0 aliphatic rings. The highest BCUT2D eigenvalue weighted by Crippen LogP contribution is 2.17. The van der Waals surface area contributed by atoms with Gasteiger partial charge in [0.15, 0.2) is 0 Å². The smallest absolute Gasteiger partial charge is 0.428 e. The van der Waals surface area contributed by atoms with Gasteiger partial charge in [-0.05, 0) is 65.7 Å². The molecule has 8 nitrogen and oxygen atoms in total. The van der Waals surface area contributed by atoms with Crippen LogP contribution in [0, 0.1) is 5.41 Å². The zero-order valence-electron chi connectivity index (χ0n) is 17.6. The van der Waals surface area contributed by atoms with Crippen LogP contribution in [0.1, 0.15) is 47.1 Å². The van der Waals surface area contributed by atoms with E-state index in [2.05, 4.69) is 0 Å². The molecule has 0 saturated carbocycles. The molecule has 0 aliphatic carbocycles. The minimum atomic E-state index is -0.925. The van der Waals surface area contributed by atoms with Crippen LogP contribution in [0.4, 0.5) is 4.79 Å². The largest absolute Gasteiger partial charge is 0.514 e. The second-order valence-electron chi connectivity index (χ2n) is 8.28. The van der Waals surface area contributed by atoms with E-state index in [1.54, 1.807) is 65.8 Å². The van der Waals surface area contributed by atoms with Gasteiger partial charge in [0.25, 0.3) is 0 Å². The van der Waals surface area contributed by atoms with Crippen LogP contribution in [-0.4, -0.2) is 36.5 Å². The summed E-state index contributed by atoms with van der Waals surface area (Å²) in [6.07, 6.45) is -0.594. The highest BCUT2D eigenvalue weighted by molar-refractivity contribution is 5.85. The molecule has 2 N–H and O–H groups in total. The lowest BCUT2D eigenvalue weighted by Crippen LogP contribution is -2.35. The zero-order valence-corrected chi connectivity index (χ0v) is 18.5. The summed E-state index contributed by atoms with van der Waals surface area (Å²) in [5.41, 5.74) is 5.23. The molecular weight excluding hydrogens is 402 g/mol. The Labute approximate surface area is 177 Å². The number of rotatable bonds is 6. The summed E-state index contributed by atoms with van der Waals surface area (Å²) in [7, 11) is 0. The Morgan fingerprint density at radius 2 is 1.52 bits per heavy atom. The number of hydrogen-bond acceptors (Lipinski definition) is 8. The maximum absolute atomic E-state index is 11.9. The molecule has 164 valence electrons. The van der Waals surface area contributed by atoms with E-state index in [-0.39, 0.29) is 18.8 Å². The summed E-state index contributed by atoms with van der Waals surface area (Å²) in [5.74, 6) is -0.853. The molecule has 0 saturated heterocycles. The maximum atomic E-state index is 11.9. The highest BCUT2D eigenvalue weighted by atomic mass is 35.5. The van der Waals surface area contributed by atoms with E-state index < -0.39 is 41.9 Å². The fourth-order valence-corrected chi connectivity index (χ4v) is 1.86. The fraction of sp³-hybridized carbons (Fsp3) is 0.550. The summed E-state index contributed by atoms with van der Waals surface area (Å²) >= 11 is 0. The number of halogens is 1. The first-order chi connectivity index (χ1) is 12.8. The average Bonchev–Trinajstić information content (AvgIpc) is 2.53. The van der Waals surface area contributed by atoms with Gasteiger partial charge in [0, 0.05) is 0 Å². The lowest BCUT2D eigenvalue weighted by molar-refractivity contribution is -0.173. The van der Waals surface area contributed by atoms with Crippen LogP contribution in [0.3, 0.4) is 0 Å². The number of benzene rings is 1. The van der Waals surface area contributed by atoms with Crippen molar-refractivity contribution < 1.29 is 33.3 Å². The molecule has 0 bridgehead atoms. The maximum Gasteiger partial charge on any atom is 0.514 e. The molecule has 9 heteroatoms. The van der Waals surface area contributed by atoms with Gasteiger partial charge in [0.05, 0.1) is 5.41 Å². The van der Waals surface area contributed by atoms with Crippen molar-refractivity contribution in [2.45, 2.75) is 59.6 Å². The quantitative estimate of drug-likeness (QED) is 0.414. The van der Waals surface area contributed by atoms with Gasteiger partial charge in [-0.3, -0.25) is 9.59 Å². The SMILES string of the molecule is CC(C)(C)OC(=O)Oc1ccc(CC(N)C(=O)OCOC(=O)C(C)(C)C)cc1.Cl. The first-order valence-corrected chi connectivity index (χ1v) is 8.87. The third kappa shape index (κ3) is 10.7. The molecule has 1 unspecified atom stereocenters. The number of carbonyl (C=O) groups excluding carboxylic acids is 3. The van der Waals surface area contributed by atoms with Gasteiger partial charge in [-0.15, -0.1) is 12.4 Å². The van der Waals surface area contributed by atoms with Crippen molar-refractivity contribution in [1.82, 2.24) is 0 Å². The van der Waals surface area contributed by atoms with Crippen molar-refractivity contribution in [3.05, 3.63) is 29.8 Å². The Balaban J connectivity index is 0.00000784. The molecule has 1 atom stereocenters. The van der Waals surface area contributed by atoms with Gasteiger partial charge >= 0.3 is 18.1 Å². The number of carbonyl (C=O) groups is 3. The van der Waals surface area contributed by atoms with Crippen LogP contribution in [0.25, 0.3) is 0 Å². The molecule has 0 spiro atoms. The summed E-state index contributed by atoms with van der Waals surface area (Å²) < 4.78 is 19.9. The molecule has 0 heterocycles. The van der Waals surface area contributed by atoms with E-state index in [0.29, 0.717) is 5.75 Å². The van der Waals surface area contributed by atoms with E-state index >= 15 is 0 Å². The van der Waals surface area contributed by atoms with E-state index in [1.807, 2.05) is 0 Å². The summed E-state index contributed by atoms with van der Waals surface area (Å²) in [5, 5.41) is 0. The Morgan fingerprint density at radius 1 is 0.966 bits per heavy atom. The fourth-order valence-electron chi connectivity index (χ4n) is 1.86. The molecule has 0 fully saturated rings. The van der Waals surface area contributed by atoms with Crippen LogP contribution in [0.15, 0.2) is 24.3 Å². The van der Waals surface area contributed by atoms with Gasteiger partial charge in [-0.2, -0.15) is 0 Å². The number of hydrogen-bond donors (Lipinski definition) is 1. The monoisotopic (exact) mass is 431 g/mol. The Morgan fingerprint density at radius 3 is 2.00 bits per heavy atom. The van der Waals surface area contributed by atoms with Crippen LogP contribution in [0.5, 0.6) is 5.75 Å². The Bertz CT molecular complexity index is 690. The zero-order chi connectivity index (χ0) is 21.5. The third-order valence-electron chi connectivity index (χ3n) is 3.28. The second kappa shape index (κ2) is 11.0. The van der Waals surface area contributed by atoms with Gasteiger partial charge in [-0.1, -0.05) is 12.1 Å². The molecule has 0 amide bonds. The molecule has 1 rings (SSSR count). The number of ether oxygens (including phenoxy) is 4. The minimum Gasteiger partial charge on any atom is -0.428 e. The minimum absolute atomic E-state index is 0. The predicted octanol–water partition coefficient (Wildman–Crippen LogP) is 3.38. The Hall–Kier alpha value is -2.32. The van der Waals surface area contributed by atoms with Crippen molar-refractivity contribution in [2.75, 3.05) is 6.79 Å². The van der Waals surface area contributed by atoms with Crippen LogP contribution >= 0.6 is 12.4 Å². The van der Waals surface area contributed by atoms with Crippen molar-refractivity contribution in [2.24, 2.45) is 11.1 Å². The summed E-state index contributed by atoms with van der Waals surface area (Å²) in [6, 6.07) is 5.56. The van der Waals surface area contributed by atoms with Gasteiger partial charge in [0.1, 0.15) is 17.4 Å². The van der Waals surface area contributed by atoms with E-state index in [0.717, 1.165) is 5.56 Å². The summed E-state index contributed by atoms with van der Waals surface area (Å²) in [6.45, 7) is 9.81. The van der Waals surface area contributed by atoms with E-state index in [4.69, 9.17) is 24.7 Å². The van der Waals surface area contributed by atoms with E-state index in [1.165, 1.54) is 0 Å². The van der Waals surface area contributed by atoms with Crippen molar-refractivity contribution in [3.8, 4) is 5.75 Å². The molecule has 0 aromatic heterocycles. The third-order valence-corrected chi connectivity index (χ3v) is 3.28. The molecule has 29 heavy (non-hydrogen) atoms. The van der Waals surface area contributed by atoms with Gasteiger partial charge < -0.3 is 24.7 Å². The number of nitrogens with two attached hydrogens (primary N) is 1. The lowest BCUT2D eigenvalue weighted by atomic mass is 9.98. The first kappa shape index (κ1) is 26.7. The average molecular weight is 432 g/mol. The van der Waals surface area contributed by atoms with Crippen molar-refractivity contribution >= 4 is 30.5 Å². The lowest BCUT2D eigenvalue weighted by Gasteiger charge is -2.18. The van der Waals surface area contributed by atoms with Crippen molar-refractivity contribution in [3.63, 3.8) is 0 Å². The van der Waals surface area contributed by atoms with Crippen LogP contribution < -0.4 is 10.5 Å². The predicted molar refractivity (Wildman–Crippen MR) is 109 cm³/mol. The van der Waals surface area contributed by atoms with Gasteiger partial charge in [0.2, 0.25) is 6.79 Å². The number of esters is 2.